The summed E-state index contributed by atoms with van der Waals surface area (Å²) in [7, 11) is 0. The number of rotatable bonds is 4. The van der Waals surface area contributed by atoms with E-state index in [1.54, 1.807) is 6.07 Å². The second kappa shape index (κ2) is 7.92. The van der Waals surface area contributed by atoms with Gasteiger partial charge >= 0.3 is 0 Å². The summed E-state index contributed by atoms with van der Waals surface area (Å²) < 4.78 is 0. The van der Waals surface area contributed by atoms with Gasteiger partial charge in [-0.05, 0) is 30.4 Å². The predicted octanol–water partition coefficient (Wildman–Crippen LogP) is 2.88. The maximum absolute atomic E-state index is 12.6. The van der Waals surface area contributed by atoms with E-state index >= 15 is 0 Å². The maximum atomic E-state index is 12.6. The summed E-state index contributed by atoms with van der Waals surface area (Å²) >= 11 is 0. The zero-order valence-electron chi connectivity index (χ0n) is 14.4. The highest BCUT2D eigenvalue weighted by atomic mass is 16.2. The molecule has 2 heterocycles. The van der Waals surface area contributed by atoms with Crippen LogP contribution in [0.1, 0.15) is 46.0 Å². The topological polar surface area (TPSA) is 62.3 Å². The fourth-order valence-electron chi connectivity index (χ4n) is 2.96. The first-order chi connectivity index (χ1) is 12.1. The number of hydrogen-bond donors (Lipinski definition) is 1. The molecule has 0 radical (unpaired) electrons. The van der Waals surface area contributed by atoms with Crippen molar-refractivity contribution in [3.63, 3.8) is 0 Å². The fraction of sp³-hybridized carbons (Fsp3) is 0.350. The van der Waals surface area contributed by atoms with E-state index in [2.05, 4.69) is 17.2 Å². The fourth-order valence-corrected chi connectivity index (χ4v) is 2.96. The summed E-state index contributed by atoms with van der Waals surface area (Å²) in [5.41, 5.74) is 1.91. The van der Waals surface area contributed by atoms with Crippen molar-refractivity contribution in [2.75, 3.05) is 13.1 Å². The summed E-state index contributed by atoms with van der Waals surface area (Å²) in [5, 5.41) is 2.86. The normalized spacial score (nSPS) is 15.0. The Kier molecular flexibility index (Phi) is 5.43. The first-order valence-electron chi connectivity index (χ1n) is 8.70. The Labute approximate surface area is 148 Å². The van der Waals surface area contributed by atoms with Gasteiger partial charge in [-0.3, -0.25) is 14.6 Å². The molecule has 1 fully saturated rings. The van der Waals surface area contributed by atoms with Gasteiger partial charge in [-0.15, -0.1) is 0 Å². The van der Waals surface area contributed by atoms with Crippen LogP contribution in [0.5, 0.6) is 0 Å². The summed E-state index contributed by atoms with van der Waals surface area (Å²) in [6, 6.07) is 11.3. The highest BCUT2D eigenvalue weighted by molar-refractivity contribution is 5.99. The highest BCUT2D eigenvalue weighted by Gasteiger charge is 2.22. The van der Waals surface area contributed by atoms with Crippen LogP contribution in [-0.4, -0.2) is 34.8 Å². The molecular weight excluding hydrogens is 314 g/mol. The molecule has 1 aromatic carbocycles. The van der Waals surface area contributed by atoms with Crippen LogP contribution >= 0.6 is 0 Å². The van der Waals surface area contributed by atoms with E-state index < -0.39 is 0 Å². The molecule has 130 valence electrons. The van der Waals surface area contributed by atoms with Crippen molar-refractivity contribution in [3.05, 3.63) is 65.5 Å². The molecule has 5 nitrogen and oxygen atoms in total. The van der Waals surface area contributed by atoms with Crippen LogP contribution in [0.3, 0.4) is 0 Å². The summed E-state index contributed by atoms with van der Waals surface area (Å²) in [6.45, 7) is 4.19. The Balaban J connectivity index is 1.64. The molecule has 1 aliphatic rings. The van der Waals surface area contributed by atoms with Crippen molar-refractivity contribution in [1.82, 2.24) is 15.2 Å². The van der Waals surface area contributed by atoms with E-state index in [9.17, 15) is 9.59 Å². The molecule has 1 saturated heterocycles. The number of piperidine rings is 1. The standard InChI is InChI=1S/C20H23N3O2/c1-15-7-9-23(10-8-15)20(25)18-11-17(13-21-14-18)19(24)22-12-16-5-3-2-4-6-16/h2-6,11,13-15H,7-10,12H2,1H3,(H,22,24). The number of carbonyl (C=O) groups excluding carboxylic acids is 2. The molecule has 0 aliphatic carbocycles. The van der Waals surface area contributed by atoms with Crippen LogP contribution in [0.2, 0.25) is 0 Å². The molecule has 1 aromatic heterocycles. The molecule has 1 aliphatic heterocycles. The number of nitrogens with one attached hydrogen (secondary N) is 1. The largest absolute Gasteiger partial charge is 0.348 e. The average molecular weight is 337 g/mol. The van der Waals surface area contributed by atoms with Gasteiger partial charge < -0.3 is 10.2 Å². The minimum atomic E-state index is -0.224. The maximum Gasteiger partial charge on any atom is 0.255 e. The first kappa shape index (κ1) is 17.1. The Morgan fingerprint density at radius 1 is 1.12 bits per heavy atom. The third-order valence-electron chi connectivity index (χ3n) is 4.61. The van der Waals surface area contributed by atoms with Gasteiger partial charge in [-0.1, -0.05) is 37.3 Å². The van der Waals surface area contributed by atoms with Gasteiger partial charge in [-0.25, -0.2) is 0 Å². The van der Waals surface area contributed by atoms with E-state index in [1.807, 2.05) is 35.2 Å². The van der Waals surface area contributed by atoms with Crippen molar-refractivity contribution in [2.45, 2.75) is 26.3 Å². The predicted molar refractivity (Wildman–Crippen MR) is 96.2 cm³/mol. The Hall–Kier alpha value is -2.69. The number of aromatic nitrogens is 1. The van der Waals surface area contributed by atoms with Crippen LogP contribution in [0.25, 0.3) is 0 Å². The van der Waals surface area contributed by atoms with Crippen LogP contribution in [0.4, 0.5) is 0 Å². The number of amides is 2. The van der Waals surface area contributed by atoms with E-state index in [1.165, 1.54) is 12.4 Å². The van der Waals surface area contributed by atoms with Crippen molar-refractivity contribution >= 4 is 11.8 Å². The minimum Gasteiger partial charge on any atom is -0.348 e. The number of nitrogens with zero attached hydrogens (tertiary/aromatic N) is 2. The lowest BCUT2D eigenvalue weighted by Crippen LogP contribution is -2.38. The lowest BCUT2D eigenvalue weighted by Gasteiger charge is -2.30. The van der Waals surface area contributed by atoms with Crippen molar-refractivity contribution in [1.29, 1.82) is 0 Å². The van der Waals surface area contributed by atoms with Gasteiger partial charge in [0.15, 0.2) is 0 Å². The second-order valence-electron chi connectivity index (χ2n) is 6.61. The van der Waals surface area contributed by atoms with Crippen LogP contribution in [0, 0.1) is 5.92 Å². The van der Waals surface area contributed by atoms with Gasteiger partial charge in [0, 0.05) is 32.0 Å². The van der Waals surface area contributed by atoms with E-state index in [0.717, 1.165) is 31.5 Å². The van der Waals surface area contributed by atoms with Gasteiger partial charge in [0.25, 0.3) is 11.8 Å². The molecule has 2 aromatic rings. The van der Waals surface area contributed by atoms with Gasteiger partial charge in [-0.2, -0.15) is 0 Å². The molecule has 0 unspecified atom stereocenters. The molecule has 3 rings (SSSR count). The van der Waals surface area contributed by atoms with Crippen LogP contribution in [0.15, 0.2) is 48.8 Å². The highest BCUT2D eigenvalue weighted by Crippen LogP contribution is 2.18. The van der Waals surface area contributed by atoms with Gasteiger partial charge in [0.05, 0.1) is 11.1 Å². The first-order valence-corrected chi connectivity index (χ1v) is 8.70. The second-order valence-corrected chi connectivity index (χ2v) is 6.61. The molecule has 0 saturated carbocycles. The lowest BCUT2D eigenvalue weighted by molar-refractivity contribution is 0.0697. The number of likely N-dealkylation sites (tertiary alicyclic amines) is 1. The zero-order valence-corrected chi connectivity index (χ0v) is 14.4. The van der Waals surface area contributed by atoms with Crippen molar-refractivity contribution in [2.24, 2.45) is 5.92 Å². The molecule has 0 spiro atoms. The summed E-state index contributed by atoms with van der Waals surface area (Å²) in [5.74, 6) is 0.396. The molecule has 0 bridgehead atoms. The molecule has 5 heteroatoms. The molecule has 2 amide bonds. The third-order valence-corrected chi connectivity index (χ3v) is 4.61. The zero-order chi connectivity index (χ0) is 17.6. The minimum absolute atomic E-state index is 0.0443. The number of carbonyl (C=O) groups is 2. The van der Waals surface area contributed by atoms with E-state index in [4.69, 9.17) is 0 Å². The smallest absolute Gasteiger partial charge is 0.255 e. The van der Waals surface area contributed by atoms with E-state index in [-0.39, 0.29) is 11.8 Å². The quantitative estimate of drug-likeness (QED) is 0.933. The molecule has 0 atom stereocenters. The van der Waals surface area contributed by atoms with E-state index in [0.29, 0.717) is 23.6 Å². The number of benzene rings is 1. The number of hydrogen-bond acceptors (Lipinski definition) is 3. The third kappa shape index (κ3) is 4.44. The summed E-state index contributed by atoms with van der Waals surface area (Å²) in [6.07, 6.45) is 5.08. The molecular formula is C20H23N3O2. The van der Waals surface area contributed by atoms with Crippen molar-refractivity contribution in [3.8, 4) is 0 Å². The lowest BCUT2D eigenvalue weighted by atomic mass is 9.98. The van der Waals surface area contributed by atoms with Crippen LogP contribution in [-0.2, 0) is 6.54 Å². The summed E-state index contributed by atoms with van der Waals surface area (Å²) in [4.78, 5) is 30.9. The average Bonchev–Trinajstić information content (AvgIpc) is 2.67. The molecule has 1 N–H and O–H groups in total. The van der Waals surface area contributed by atoms with Gasteiger partial charge in [0.1, 0.15) is 0 Å². The van der Waals surface area contributed by atoms with Crippen molar-refractivity contribution < 1.29 is 9.59 Å². The molecule has 25 heavy (non-hydrogen) atoms. The Morgan fingerprint density at radius 3 is 2.52 bits per heavy atom. The monoisotopic (exact) mass is 337 g/mol. The van der Waals surface area contributed by atoms with Gasteiger partial charge in [0.2, 0.25) is 0 Å². The SMILES string of the molecule is CC1CCN(C(=O)c2cncc(C(=O)NCc3ccccc3)c2)CC1. The Morgan fingerprint density at radius 2 is 1.80 bits per heavy atom. The number of pyridine rings is 1. The van der Waals surface area contributed by atoms with Crippen LogP contribution < -0.4 is 5.32 Å². The Bertz CT molecular complexity index is 738.